The van der Waals surface area contributed by atoms with Gasteiger partial charge in [0.2, 0.25) is 0 Å². The van der Waals surface area contributed by atoms with E-state index in [9.17, 15) is 0 Å². The third-order valence-electron chi connectivity index (χ3n) is 1.57. The molecule has 64 valence electrons. The van der Waals surface area contributed by atoms with Crippen molar-refractivity contribution >= 4 is 5.71 Å². The maximum atomic E-state index is 4.13. The van der Waals surface area contributed by atoms with Gasteiger partial charge in [-0.15, -0.1) is 0 Å². The van der Waals surface area contributed by atoms with Crippen LogP contribution in [-0.2, 0) is 0 Å². The molecule has 0 aliphatic heterocycles. The van der Waals surface area contributed by atoms with Crippen LogP contribution in [-0.4, -0.2) is 12.8 Å². The monoisotopic (exact) mass is 153 g/mol. The number of hydrogen-bond acceptors (Lipinski definition) is 1. The van der Waals surface area contributed by atoms with Gasteiger partial charge < -0.3 is 0 Å². The van der Waals surface area contributed by atoms with E-state index >= 15 is 0 Å². The Bertz CT molecular complexity index is 143. The Morgan fingerprint density at radius 1 is 1.45 bits per heavy atom. The lowest BCUT2D eigenvalue weighted by Gasteiger charge is -1.97. The molecule has 0 saturated heterocycles. The second-order valence-corrected chi connectivity index (χ2v) is 3.10. The fourth-order valence-electron chi connectivity index (χ4n) is 0.827. The molecule has 0 bridgehead atoms. The minimum Gasteiger partial charge on any atom is -0.293 e. The van der Waals surface area contributed by atoms with Crippen LogP contribution in [0.2, 0.25) is 0 Å². The molecule has 0 spiro atoms. The summed E-state index contributed by atoms with van der Waals surface area (Å²) >= 11 is 0. The summed E-state index contributed by atoms with van der Waals surface area (Å²) in [7, 11) is 1.85. The summed E-state index contributed by atoms with van der Waals surface area (Å²) in [5.41, 5.74) is 1.19. The molecule has 0 amide bonds. The molecule has 0 aromatic heterocycles. The summed E-state index contributed by atoms with van der Waals surface area (Å²) in [6.07, 6.45) is 6.51. The van der Waals surface area contributed by atoms with Crippen molar-refractivity contribution in [2.45, 2.75) is 33.6 Å². The molecule has 0 radical (unpaired) electrons. The van der Waals surface area contributed by atoms with E-state index in [1.54, 1.807) is 0 Å². The van der Waals surface area contributed by atoms with Crippen LogP contribution in [0.4, 0.5) is 0 Å². The summed E-state index contributed by atoms with van der Waals surface area (Å²) in [4.78, 5) is 4.13. The highest BCUT2D eigenvalue weighted by molar-refractivity contribution is 5.94. The van der Waals surface area contributed by atoms with Crippen molar-refractivity contribution < 1.29 is 0 Å². The van der Waals surface area contributed by atoms with Crippen LogP contribution in [0.1, 0.15) is 33.6 Å². The van der Waals surface area contributed by atoms with Crippen molar-refractivity contribution in [2.24, 2.45) is 10.9 Å². The topological polar surface area (TPSA) is 12.4 Å². The summed E-state index contributed by atoms with van der Waals surface area (Å²) in [6.45, 7) is 6.57. The van der Waals surface area contributed by atoms with E-state index in [-0.39, 0.29) is 0 Å². The Balaban J connectivity index is 3.72. The highest BCUT2D eigenvalue weighted by Gasteiger charge is 1.89. The molecule has 0 rings (SSSR count). The van der Waals surface area contributed by atoms with Crippen LogP contribution in [0, 0.1) is 5.92 Å². The third kappa shape index (κ3) is 5.84. The van der Waals surface area contributed by atoms with Crippen molar-refractivity contribution in [3.8, 4) is 0 Å². The van der Waals surface area contributed by atoms with Gasteiger partial charge in [-0.3, -0.25) is 4.99 Å². The lowest BCUT2D eigenvalue weighted by Crippen LogP contribution is -1.90. The highest BCUT2D eigenvalue weighted by Crippen LogP contribution is 2.00. The average Bonchev–Trinajstić information content (AvgIpc) is 1.98. The first-order chi connectivity index (χ1) is 5.20. The molecule has 0 atom stereocenters. The first-order valence-electron chi connectivity index (χ1n) is 4.32. The molecular formula is C10H19N. The van der Waals surface area contributed by atoms with E-state index in [1.807, 2.05) is 7.05 Å². The molecule has 1 heteroatoms. The summed E-state index contributed by atoms with van der Waals surface area (Å²) < 4.78 is 0. The molecule has 0 saturated carbocycles. The van der Waals surface area contributed by atoms with E-state index in [4.69, 9.17) is 0 Å². The maximum absolute atomic E-state index is 4.13. The fraction of sp³-hybridized carbons (Fsp3) is 0.700. The lowest BCUT2D eigenvalue weighted by atomic mass is 10.1. The minimum absolute atomic E-state index is 0.751. The second kappa shape index (κ2) is 6.14. The normalized spacial score (nSPS) is 13.4. The zero-order chi connectivity index (χ0) is 8.69. The van der Waals surface area contributed by atoms with Gasteiger partial charge in [0.25, 0.3) is 0 Å². The predicted molar refractivity (Wildman–Crippen MR) is 52.2 cm³/mol. The molecule has 0 aromatic carbocycles. The highest BCUT2D eigenvalue weighted by atomic mass is 14.7. The molecule has 11 heavy (non-hydrogen) atoms. The van der Waals surface area contributed by atoms with Gasteiger partial charge in [0.1, 0.15) is 0 Å². The molecule has 0 aliphatic rings. The van der Waals surface area contributed by atoms with Gasteiger partial charge in [0.15, 0.2) is 0 Å². The van der Waals surface area contributed by atoms with Gasteiger partial charge >= 0.3 is 0 Å². The average molecular weight is 153 g/mol. The van der Waals surface area contributed by atoms with Crippen molar-refractivity contribution in [1.29, 1.82) is 0 Å². The third-order valence-corrected chi connectivity index (χ3v) is 1.57. The molecule has 1 nitrogen and oxygen atoms in total. The molecular weight excluding hydrogens is 134 g/mol. The van der Waals surface area contributed by atoms with E-state index in [0.29, 0.717) is 0 Å². The summed E-state index contributed by atoms with van der Waals surface area (Å²) in [5, 5.41) is 0. The lowest BCUT2D eigenvalue weighted by molar-refractivity contribution is 0.664. The predicted octanol–water partition coefficient (Wildman–Crippen LogP) is 3.07. The van der Waals surface area contributed by atoms with Crippen molar-refractivity contribution in [1.82, 2.24) is 0 Å². The van der Waals surface area contributed by atoms with Gasteiger partial charge in [-0.25, -0.2) is 0 Å². The Hall–Kier alpha value is -0.590. The van der Waals surface area contributed by atoms with E-state index < -0.39 is 0 Å². The van der Waals surface area contributed by atoms with Gasteiger partial charge in [-0.05, 0) is 24.8 Å². The standard InChI is InChI=1S/C10H19N/c1-5-10(11-4)8-6-7-9(2)3/h6,8-9H,5,7H2,1-4H3. The fourth-order valence-corrected chi connectivity index (χ4v) is 0.827. The van der Waals surface area contributed by atoms with Crippen molar-refractivity contribution in [2.75, 3.05) is 7.05 Å². The first-order valence-corrected chi connectivity index (χ1v) is 4.32. The molecule has 0 aromatic rings. The smallest absolute Gasteiger partial charge is 0.0338 e. The van der Waals surface area contributed by atoms with Crippen LogP contribution < -0.4 is 0 Å². The Morgan fingerprint density at radius 3 is 2.45 bits per heavy atom. The van der Waals surface area contributed by atoms with Crippen LogP contribution in [0.15, 0.2) is 17.1 Å². The molecule has 0 fully saturated rings. The number of allylic oxidation sites excluding steroid dienone is 2. The Morgan fingerprint density at radius 2 is 2.09 bits per heavy atom. The zero-order valence-electron chi connectivity index (χ0n) is 8.09. The van der Waals surface area contributed by atoms with Crippen LogP contribution >= 0.6 is 0 Å². The Labute approximate surface area is 70.2 Å². The van der Waals surface area contributed by atoms with Gasteiger partial charge in [-0.1, -0.05) is 26.8 Å². The van der Waals surface area contributed by atoms with Crippen molar-refractivity contribution in [3.63, 3.8) is 0 Å². The molecule has 0 aliphatic carbocycles. The van der Waals surface area contributed by atoms with E-state index in [2.05, 4.69) is 37.9 Å². The summed E-state index contributed by atoms with van der Waals surface area (Å²) in [6, 6.07) is 0. The number of nitrogens with zero attached hydrogens (tertiary/aromatic N) is 1. The maximum Gasteiger partial charge on any atom is 0.0338 e. The minimum atomic E-state index is 0.751. The number of hydrogen-bond donors (Lipinski definition) is 0. The van der Waals surface area contributed by atoms with Gasteiger partial charge in [0.05, 0.1) is 0 Å². The van der Waals surface area contributed by atoms with Gasteiger partial charge in [-0.2, -0.15) is 0 Å². The van der Waals surface area contributed by atoms with E-state index in [1.165, 1.54) is 5.71 Å². The summed E-state index contributed by atoms with van der Waals surface area (Å²) in [5.74, 6) is 0.751. The van der Waals surface area contributed by atoms with E-state index in [0.717, 1.165) is 18.8 Å². The van der Waals surface area contributed by atoms with Crippen LogP contribution in [0.3, 0.4) is 0 Å². The number of aliphatic imine (C=N–C) groups is 1. The quantitative estimate of drug-likeness (QED) is 0.550. The first kappa shape index (κ1) is 10.4. The second-order valence-electron chi connectivity index (χ2n) is 3.10. The van der Waals surface area contributed by atoms with Crippen LogP contribution in [0.5, 0.6) is 0 Å². The Kier molecular flexibility index (Phi) is 5.81. The van der Waals surface area contributed by atoms with Crippen molar-refractivity contribution in [3.05, 3.63) is 12.2 Å². The zero-order valence-corrected chi connectivity index (χ0v) is 8.09. The molecule has 0 heterocycles. The largest absolute Gasteiger partial charge is 0.293 e. The number of rotatable bonds is 4. The van der Waals surface area contributed by atoms with Gasteiger partial charge in [0, 0.05) is 12.8 Å². The molecule has 0 N–H and O–H groups in total. The van der Waals surface area contributed by atoms with Crippen LogP contribution in [0.25, 0.3) is 0 Å². The molecule has 0 unspecified atom stereocenters. The SMILES string of the molecule is CCC(C=CCC(C)C)=NC.